The summed E-state index contributed by atoms with van der Waals surface area (Å²) >= 11 is 0. The Morgan fingerprint density at radius 1 is 0.958 bits per heavy atom. The number of rotatable bonds is 3. The lowest BCUT2D eigenvalue weighted by molar-refractivity contribution is 0.282. The number of nitriles is 1. The zero-order valence-electron chi connectivity index (χ0n) is 12.8. The second kappa shape index (κ2) is 6.36. The number of aliphatic hydroxyl groups excluding tert-OH is 1. The van der Waals surface area contributed by atoms with E-state index >= 15 is 0 Å². The van der Waals surface area contributed by atoms with Crippen LogP contribution in [0, 0.1) is 11.3 Å². The molecule has 0 aliphatic rings. The summed E-state index contributed by atoms with van der Waals surface area (Å²) in [5.41, 5.74) is 15.5. The first kappa shape index (κ1) is 15.5. The quantitative estimate of drug-likeness (QED) is 0.681. The standard InChI is InChI=1S/C18H15N5O/c19-9-15-16(22-18(21)23-17(15)20)12-7-5-11(6-8-12)14-4-2-1-3-13(14)10-24/h1-8,24H,10H2,(H4,20,21,22,23). The van der Waals surface area contributed by atoms with E-state index in [4.69, 9.17) is 11.5 Å². The minimum absolute atomic E-state index is 0.0243. The molecule has 0 amide bonds. The Morgan fingerprint density at radius 3 is 2.29 bits per heavy atom. The lowest BCUT2D eigenvalue weighted by Crippen LogP contribution is -2.04. The average molecular weight is 317 g/mol. The van der Waals surface area contributed by atoms with Gasteiger partial charge in [-0.3, -0.25) is 0 Å². The van der Waals surface area contributed by atoms with E-state index in [1.807, 2.05) is 54.6 Å². The smallest absolute Gasteiger partial charge is 0.222 e. The number of aliphatic hydroxyl groups is 1. The Kier molecular flexibility index (Phi) is 4.10. The summed E-state index contributed by atoms with van der Waals surface area (Å²) in [6.45, 7) is -0.0323. The highest BCUT2D eigenvalue weighted by molar-refractivity contribution is 5.76. The van der Waals surface area contributed by atoms with Crippen LogP contribution in [0.5, 0.6) is 0 Å². The predicted molar refractivity (Wildman–Crippen MR) is 92.4 cm³/mol. The van der Waals surface area contributed by atoms with Gasteiger partial charge in [-0.05, 0) is 16.7 Å². The second-order valence-electron chi connectivity index (χ2n) is 5.20. The van der Waals surface area contributed by atoms with E-state index in [0.717, 1.165) is 22.3 Å². The molecule has 1 aromatic heterocycles. The lowest BCUT2D eigenvalue weighted by Gasteiger charge is -2.10. The third-order valence-corrected chi connectivity index (χ3v) is 3.72. The monoisotopic (exact) mass is 317 g/mol. The molecule has 0 unspecified atom stereocenters. The van der Waals surface area contributed by atoms with Crippen LogP contribution in [0.3, 0.4) is 0 Å². The molecule has 0 atom stereocenters. The number of anilines is 2. The first-order valence-corrected chi connectivity index (χ1v) is 7.26. The minimum Gasteiger partial charge on any atom is -0.392 e. The Labute approximate surface area is 139 Å². The summed E-state index contributed by atoms with van der Waals surface area (Å²) in [5.74, 6) is 0.0888. The molecule has 6 nitrogen and oxygen atoms in total. The average Bonchev–Trinajstić information content (AvgIpc) is 2.61. The number of nitrogen functional groups attached to an aromatic ring is 2. The molecule has 0 saturated carbocycles. The van der Waals surface area contributed by atoms with Crippen LogP contribution in [0.25, 0.3) is 22.4 Å². The van der Waals surface area contributed by atoms with Crippen molar-refractivity contribution in [3.8, 4) is 28.5 Å². The molecule has 118 valence electrons. The summed E-state index contributed by atoms with van der Waals surface area (Å²) in [6.07, 6.45) is 0. The van der Waals surface area contributed by atoms with E-state index in [-0.39, 0.29) is 23.9 Å². The Balaban J connectivity index is 2.07. The largest absolute Gasteiger partial charge is 0.392 e. The summed E-state index contributed by atoms with van der Waals surface area (Å²) in [4.78, 5) is 7.95. The van der Waals surface area contributed by atoms with Gasteiger partial charge in [-0.2, -0.15) is 10.2 Å². The molecule has 1 heterocycles. The molecule has 0 bridgehead atoms. The van der Waals surface area contributed by atoms with E-state index in [2.05, 4.69) is 9.97 Å². The van der Waals surface area contributed by atoms with E-state index in [1.54, 1.807) is 0 Å². The molecule has 0 fully saturated rings. The molecular weight excluding hydrogens is 302 g/mol. The van der Waals surface area contributed by atoms with Crippen LogP contribution in [-0.2, 0) is 6.61 Å². The van der Waals surface area contributed by atoms with Gasteiger partial charge in [-0.15, -0.1) is 0 Å². The first-order valence-electron chi connectivity index (χ1n) is 7.26. The van der Waals surface area contributed by atoms with E-state index in [9.17, 15) is 10.4 Å². The van der Waals surface area contributed by atoms with Crippen LogP contribution in [0.15, 0.2) is 48.5 Å². The highest BCUT2D eigenvalue weighted by Gasteiger charge is 2.13. The Morgan fingerprint density at radius 2 is 1.62 bits per heavy atom. The summed E-state index contributed by atoms with van der Waals surface area (Å²) in [5, 5.41) is 18.7. The van der Waals surface area contributed by atoms with Crippen LogP contribution in [0.1, 0.15) is 11.1 Å². The van der Waals surface area contributed by atoms with Gasteiger partial charge in [0.25, 0.3) is 0 Å². The highest BCUT2D eigenvalue weighted by atomic mass is 16.3. The van der Waals surface area contributed by atoms with Crippen molar-refractivity contribution in [2.24, 2.45) is 0 Å². The van der Waals surface area contributed by atoms with Crippen molar-refractivity contribution >= 4 is 11.8 Å². The molecule has 3 aromatic rings. The maximum absolute atomic E-state index is 9.46. The second-order valence-corrected chi connectivity index (χ2v) is 5.20. The van der Waals surface area contributed by atoms with E-state index in [0.29, 0.717) is 5.69 Å². The fourth-order valence-electron chi connectivity index (χ4n) is 2.56. The summed E-state index contributed by atoms with van der Waals surface area (Å²) < 4.78 is 0. The molecule has 0 spiro atoms. The lowest BCUT2D eigenvalue weighted by atomic mass is 9.98. The molecule has 0 radical (unpaired) electrons. The number of aromatic nitrogens is 2. The Hall–Kier alpha value is -3.43. The fourth-order valence-corrected chi connectivity index (χ4v) is 2.56. The molecule has 5 N–H and O–H groups in total. The van der Waals surface area contributed by atoms with Gasteiger partial charge in [0.15, 0.2) is 0 Å². The minimum atomic E-state index is -0.0323. The third kappa shape index (κ3) is 2.76. The fraction of sp³-hybridized carbons (Fsp3) is 0.0556. The third-order valence-electron chi connectivity index (χ3n) is 3.72. The highest BCUT2D eigenvalue weighted by Crippen LogP contribution is 2.29. The van der Waals surface area contributed by atoms with Gasteiger partial charge in [0.2, 0.25) is 5.95 Å². The summed E-state index contributed by atoms with van der Waals surface area (Å²) in [6, 6.07) is 17.1. The molecular formula is C18H15N5O. The van der Waals surface area contributed by atoms with Crippen molar-refractivity contribution in [3.63, 3.8) is 0 Å². The van der Waals surface area contributed by atoms with E-state index in [1.165, 1.54) is 0 Å². The van der Waals surface area contributed by atoms with Crippen LogP contribution >= 0.6 is 0 Å². The topological polar surface area (TPSA) is 122 Å². The first-order chi connectivity index (χ1) is 11.6. The van der Waals surface area contributed by atoms with Crippen LogP contribution in [0.2, 0.25) is 0 Å². The molecule has 6 heteroatoms. The number of hydrogen-bond acceptors (Lipinski definition) is 6. The molecule has 0 aliphatic heterocycles. The van der Waals surface area contributed by atoms with Gasteiger partial charge in [0, 0.05) is 5.56 Å². The van der Waals surface area contributed by atoms with Gasteiger partial charge in [-0.25, -0.2) is 4.98 Å². The SMILES string of the molecule is N#Cc1c(N)nc(N)nc1-c1ccc(-c2ccccc2CO)cc1. The molecule has 24 heavy (non-hydrogen) atoms. The number of benzene rings is 2. The van der Waals surface area contributed by atoms with Crippen LogP contribution in [0.4, 0.5) is 11.8 Å². The van der Waals surface area contributed by atoms with E-state index < -0.39 is 0 Å². The van der Waals surface area contributed by atoms with Crippen molar-refractivity contribution < 1.29 is 5.11 Å². The van der Waals surface area contributed by atoms with Gasteiger partial charge < -0.3 is 16.6 Å². The zero-order chi connectivity index (χ0) is 17.1. The van der Waals surface area contributed by atoms with Crippen molar-refractivity contribution in [2.45, 2.75) is 6.61 Å². The number of hydrogen-bond donors (Lipinski definition) is 3. The number of nitrogens with two attached hydrogens (primary N) is 2. The summed E-state index contributed by atoms with van der Waals surface area (Å²) in [7, 11) is 0. The van der Waals surface area contributed by atoms with Gasteiger partial charge >= 0.3 is 0 Å². The Bertz CT molecular complexity index is 929. The van der Waals surface area contributed by atoms with Crippen molar-refractivity contribution in [2.75, 3.05) is 11.5 Å². The van der Waals surface area contributed by atoms with Crippen molar-refractivity contribution in [1.82, 2.24) is 9.97 Å². The van der Waals surface area contributed by atoms with Crippen molar-refractivity contribution in [1.29, 1.82) is 5.26 Å². The van der Waals surface area contributed by atoms with Crippen LogP contribution < -0.4 is 11.5 Å². The molecule has 2 aromatic carbocycles. The van der Waals surface area contributed by atoms with Gasteiger partial charge in [0.05, 0.1) is 12.3 Å². The molecule has 0 aliphatic carbocycles. The predicted octanol–water partition coefficient (Wildman–Crippen LogP) is 2.34. The maximum atomic E-state index is 9.46. The van der Waals surface area contributed by atoms with Gasteiger partial charge in [0.1, 0.15) is 17.5 Å². The maximum Gasteiger partial charge on any atom is 0.222 e. The molecule has 3 rings (SSSR count). The normalized spacial score (nSPS) is 10.3. The van der Waals surface area contributed by atoms with Crippen LogP contribution in [-0.4, -0.2) is 15.1 Å². The molecule has 0 saturated heterocycles. The van der Waals surface area contributed by atoms with Gasteiger partial charge in [-0.1, -0.05) is 48.5 Å². The number of nitrogens with zero attached hydrogens (tertiary/aromatic N) is 3. The van der Waals surface area contributed by atoms with Crippen molar-refractivity contribution in [3.05, 3.63) is 59.7 Å². The zero-order valence-corrected chi connectivity index (χ0v) is 12.8.